The molecular weight excluding hydrogens is 268 g/mol. The minimum Gasteiger partial charge on any atom is -0.497 e. The lowest BCUT2D eigenvalue weighted by molar-refractivity contribution is -0.129. The van der Waals surface area contributed by atoms with Gasteiger partial charge in [0.15, 0.2) is 0 Å². The summed E-state index contributed by atoms with van der Waals surface area (Å²) in [6.45, 7) is 0. The van der Waals surface area contributed by atoms with Gasteiger partial charge in [0.2, 0.25) is 0 Å². The normalized spacial score (nSPS) is 11.0. The van der Waals surface area contributed by atoms with E-state index in [0.717, 1.165) is 17.0 Å². The van der Waals surface area contributed by atoms with Crippen molar-refractivity contribution >= 4 is 17.4 Å². The Morgan fingerprint density at radius 2 is 1.81 bits per heavy atom. The van der Waals surface area contributed by atoms with Gasteiger partial charge in [0.05, 0.1) is 12.8 Å². The van der Waals surface area contributed by atoms with Gasteiger partial charge in [0, 0.05) is 6.42 Å². The van der Waals surface area contributed by atoms with Gasteiger partial charge in [-0.3, -0.25) is 5.43 Å². The third kappa shape index (κ3) is 4.35. The van der Waals surface area contributed by atoms with Crippen LogP contribution in [0, 0.1) is 0 Å². The number of benzene rings is 2. The van der Waals surface area contributed by atoms with Crippen LogP contribution < -0.4 is 10.2 Å². The Labute approximate surface area is 122 Å². The number of nitrogens with zero attached hydrogens (tertiary/aromatic N) is 1. The predicted octanol–water partition coefficient (Wildman–Crippen LogP) is 2.79. The monoisotopic (exact) mass is 284 g/mol. The minimum absolute atomic E-state index is 0.0454. The Balaban J connectivity index is 2.09. The van der Waals surface area contributed by atoms with Crippen LogP contribution in [0.3, 0.4) is 0 Å². The molecule has 0 saturated heterocycles. The van der Waals surface area contributed by atoms with Crippen molar-refractivity contribution in [2.45, 2.75) is 6.42 Å². The van der Waals surface area contributed by atoms with Gasteiger partial charge in [-0.25, -0.2) is 4.79 Å². The molecule has 21 heavy (non-hydrogen) atoms. The van der Waals surface area contributed by atoms with Gasteiger partial charge in [0.1, 0.15) is 11.5 Å². The number of ether oxygens (including phenoxy) is 1. The van der Waals surface area contributed by atoms with E-state index in [9.17, 15) is 9.90 Å². The zero-order valence-corrected chi connectivity index (χ0v) is 11.6. The number of anilines is 1. The summed E-state index contributed by atoms with van der Waals surface area (Å²) in [4.78, 5) is 11.3. The van der Waals surface area contributed by atoms with Crippen molar-refractivity contribution in [1.29, 1.82) is 0 Å². The molecule has 0 amide bonds. The number of rotatable bonds is 6. The van der Waals surface area contributed by atoms with Crippen LogP contribution in [0.1, 0.15) is 5.56 Å². The van der Waals surface area contributed by atoms with Crippen LogP contribution in [-0.2, 0) is 11.2 Å². The van der Waals surface area contributed by atoms with Crippen LogP contribution in [0.4, 0.5) is 5.69 Å². The van der Waals surface area contributed by atoms with Gasteiger partial charge in [0.25, 0.3) is 0 Å². The molecule has 0 aromatic heterocycles. The molecule has 0 aliphatic carbocycles. The number of hydrogen-bond acceptors (Lipinski definition) is 4. The van der Waals surface area contributed by atoms with Crippen molar-refractivity contribution in [1.82, 2.24) is 0 Å². The number of nitrogens with one attached hydrogen (secondary N) is 1. The highest BCUT2D eigenvalue weighted by Crippen LogP contribution is 2.12. The average molecular weight is 284 g/mol. The number of hydrazone groups is 1. The summed E-state index contributed by atoms with van der Waals surface area (Å²) in [6.07, 6.45) is 0.235. The Morgan fingerprint density at radius 1 is 1.14 bits per heavy atom. The molecule has 0 fully saturated rings. The minimum atomic E-state index is -1.05. The van der Waals surface area contributed by atoms with Crippen molar-refractivity contribution in [3.63, 3.8) is 0 Å². The van der Waals surface area contributed by atoms with E-state index in [2.05, 4.69) is 10.5 Å². The molecule has 108 valence electrons. The first-order valence-electron chi connectivity index (χ1n) is 6.43. The van der Waals surface area contributed by atoms with Gasteiger partial charge in [-0.1, -0.05) is 30.3 Å². The molecule has 0 radical (unpaired) electrons. The van der Waals surface area contributed by atoms with Crippen LogP contribution in [0.15, 0.2) is 59.7 Å². The maximum absolute atomic E-state index is 11.3. The summed E-state index contributed by atoms with van der Waals surface area (Å²) < 4.78 is 5.07. The zero-order valence-electron chi connectivity index (χ0n) is 11.6. The number of carboxylic acid groups (broad SMARTS) is 1. The highest BCUT2D eigenvalue weighted by Gasteiger charge is 2.10. The summed E-state index contributed by atoms with van der Waals surface area (Å²) in [5, 5.41) is 13.2. The van der Waals surface area contributed by atoms with E-state index in [0.29, 0.717) is 0 Å². The number of carbonyl (C=O) groups is 1. The third-order valence-electron chi connectivity index (χ3n) is 2.87. The lowest BCUT2D eigenvalue weighted by atomic mass is 10.1. The molecule has 0 aliphatic rings. The average Bonchev–Trinajstić information content (AvgIpc) is 2.52. The number of aliphatic carboxylic acids is 1. The summed E-state index contributed by atoms with van der Waals surface area (Å²) in [5.74, 6) is -0.316. The fraction of sp³-hybridized carbons (Fsp3) is 0.125. The Hall–Kier alpha value is -2.82. The molecule has 0 atom stereocenters. The number of carboxylic acids is 1. The van der Waals surface area contributed by atoms with Crippen molar-refractivity contribution < 1.29 is 14.6 Å². The molecule has 0 spiro atoms. The van der Waals surface area contributed by atoms with E-state index in [-0.39, 0.29) is 12.1 Å². The summed E-state index contributed by atoms with van der Waals surface area (Å²) in [6, 6.07) is 16.4. The summed E-state index contributed by atoms with van der Waals surface area (Å²) in [7, 11) is 1.59. The van der Waals surface area contributed by atoms with E-state index in [1.54, 1.807) is 19.2 Å². The fourth-order valence-electron chi connectivity index (χ4n) is 1.74. The van der Waals surface area contributed by atoms with Gasteiger partial charge < -0.3 is 9.84 Å². The molecule has 0 aliphatic heterocycles. The highest BCUT2D eigenvalue weighted by atomic mass is 16.5. The SMILES string of the molecule is COc1ccc(C/C(=N/Nc2ccccc2)C(=O)O)cc1. The van der Waals surface area contributed by atoms with E-state index < -0.39 is 5.97 Å². The molecule has 2 aromatic carbocycles. The van der Waals surface area contributed by atoms with E-state index in [1.165, 1.54) is 0 Å². The van der Waals surface area contributed by atoms with Crippen LogP contribution in [0.5, 0.6) is 5.75 Å². The smallest absolute Gasteiger partial charge is 0.352 e. The maximum atomic E-state index is 11.3. The second kappa shape index (κ2) is 7.09. The highest BCUT2D eigenvalue weighted by molar-refractivity contribution is 6.36. The third-order valence-corrected chi connectivity index (χ3v) is 2.87. The van der Waals surface area contributed by atoms with Crippen LogP contribution in [0.25, 0.3) is 0 Å². The molecule has 0 saturated carbocycles. The first kappa shape index (κ1) is 14.6. The molecule has 0 bridgehead atoms. The summed E-state index contributed by atoms with van der Waals surface area (Å²) in [5.41, 5.74) is 4.39. The number of para-hydroxylation sites is 1. The maximum Gasteiger partial charge on any atom is 0.352 e. The van der Waals surface area contributed by atoms with E-state index >= 15 is 0 Å². The quantitative estimate of drug-likeness (QED) is 0.632. The van der Waals surface area contributed by atoms with Crippen molar-refractivity contribution in [2.75, 3.05) is 12.5 Å². The first-order chi connectivity index (χ1) is 10.2. The van der Waals surface area contributed by atoms with Gasteiger partial charge in [-0.15, -0.1) is 0 Å². The number of methoxy groups -OCH3 is 1. The lowest BCUT2D eigenvalue weighted by Gasteiger charge is -2.05. The Kier molecular flexibility index (Phi) is 4.93. The molecule has 0 heterocycles. The summed E-state index contributed by atoms with van der Waals surface area (Å²) >= 11 is 0. The van der Waals surface area contributed by atoms with Crippen LogP contribution in [-0.4, -0.2) is 23.9 Å². The molecule has 0 unspecified atom stereocenters. The zero-order chi connectivity index (χ0) is 15.1. The number of hydrogen-bond donors (Lipinski definition) is 2. The van der Waals surface area contributed by atoms with Crippen molar-refractivity contribution in [3.8, 4) is 5.75 Å². The predicted molar refractivity (Wildman–Crippen MR) is 81.8 cm³/mol. The molecule has 2 rings (SSSR count). The second-order valence-electron chi connectivity index (χ2n) is 4.37. The standard InChI is InChI=1S/C16H16N2O3/c1-21-14-9-7-12(8-10-14)11-15(16(19)20)18-17-13-5-3-2-4-6-13/h2-10,17H,11H2,1H3,(H,19,20)/b18-15-. The lowest BCUT2D eigenvalue weighted by Crippen LogP contribution is -2.17. The van der Waals surface area contributed by atoms with Gasteiger partial charge in [-0.2, -0.15) is 5.10 Å². The van der Waals surface area contributed by atoms with Crippen LogP contribution >= 0.6 is 0 Å². The fourth-order valence-corrected chi connectivity index (χ4v) is 1.74. The van der Waals surface area contributed by atoms with E-state index in [4.69, 9.17) is 4.74 Å². The van der Waals surface area contributed by atoms with Gasteiger partial charge >= 0.3 is 5.97 Å². The molecular formula is C16H16N2O3. The molecule has 2 aromatic rings. The van der Waals surface area contributed by atoms with E-state index in [1.807, 2.05) is 42.5 Å². The van der Waals surface area contributed by atoms with Crippen LogP contribution in [0.2, 0.25) is 0 Å². The van der Waals surface area contributed by atoms with Crippen molar-refractivity contribution in [2.24, 2.45) is 5.10 Å². The second-order valence-corrected chi connectivity index (χ2v) is 4.37. The Bertz CT molecular complexity index is 622. The first-order valence-corrected chi connectivity index (χ1v) is 6.43. The van der Waals surface area contributed by atoms with Crippen molar-refractivity contribution in [3.05, 3.63) is 60.2 Å². The molecule has 5 heteroatoms. The largest absolute Gasteiger partial charge is 0.497 e. The Morgan fingerprint density at radius 3 is 2.38 bits per heavy atom. The van der Waals surface area contributed by atoms with Gasteiger partial charge in [-0.05, 0) is 29.8 Å². The molecule has 5 nitrogen and oxygen atoms in total. The topological polar surface area (TPSA) is 70.9 Å². The molecule has 2 N–H and O–H groups in total.